The molecule has 2 atom stereocenters. The van der Waals surface area contributed by atoms with E-state index in [1.807, 2.05) is 0 Å². The van der Waals surface area contributed by atoms with E-state index in [0.717, 1.165) is 11.2 Å². The highest BCUT2D eigenvalue weighted by Crippen LogP contribution is 2.61. The van der Waals surface area contributed by atoms with Crippen molar-refractivity contribution in [3.63, 3.8) is 0 Å². The zero-order valence-electron chi connectivity index (χ0n) is 9.60. The van der Waals surface area contributed by atoms with Crippen LogP contribution in [0, 0.1) is 5.92 Å². The van der Waals surface area contributed by atoms with Gasteiger partial charge in [-0.1, -0.05) is 56.4 Å². The summed E-state index contributed by atoms with van der Waals surface area (Å²) in [6.07, 6.45) is 16.3. The van der Waals surface area contributed by atoms with Gasteiger partial charge in [-0.05, 0) is 25.2 Å². The Bertz CT molecular complexity index is 203. The Morgan fingerprint density at radius 2 is 2.29 bits per heavy atom. The quantitative estimate of drug-likeness (QED) is 0.350. The summed E-state index contributed by atoms with van der Waals surface area (Å²) in [4.78, 5) is 0. The Morgan fingerprint density at radius 1 is 1.43 bits per heavy atom. The Hall–Kier alpha value is -0.195. The molecule has 0 amide bonds. The van der Waals surface area contributed by atoms with Gasteiger partial charge in [0, 0.05) is 0 Å². The first-order valence-electron chi connectivity index (χ1n) is 6.50. The highest BCUT2D eigenvalue weighted by atomic mass is 14.4. The second-order valence-electron chi connectivity index (χ2n) is 5.42. The van der Waals surface area contributed by atoms with Crippen molar-refractivity contribution in [2.75, 3.05) is 0 Å². The van der Waals surface area contributed by atoms with Crippen molar-refractivity contribution in [2.24, 2.45) is 5.92 Å². The molecule has 0 nitrogen and oxygen atoms in total. The van der Waals surface area contributed by atoms with Gasteiger partial charge in [-0.3, -0.25) is 0 Å². The fourth-order valence-corrected chi connectivity index (χ4v) is 3.01. The van der Waals surface area contributed by atoms with E-state index in [9.17, 15) is 0 Å². The van der Waals surface area contributed by atoms with E-state index < -0.39 is 0 Å². The van der Waals surface area contributed by atoms with Gasteiger partial charge in [-0.25, -0.2) is 0 Å². The largest absolute Gasteiger partial charge is 0.127 e. The molecule has 2 rings (SSSR count). The summed E-state index contributed by atoms with van der Waals surface area (Å²) < 4.78 is 0. The third kappa shape index (κ3) is 2.65. The van der Waals surface area contributed by atoms with Crippen LogP contribution in [0.1, 0.15) is 51.9 Å². The molecular formula is C13H23B. The van der Waals surface area contributed by atoms with Gasteiger partial charge in [0.05, 0.1) is 0 Å². The minimum atomic E-state index is 0.893. The maximum Gasteiger partial charge on any atom is 0.127 e. The first kappa shape index (κ1) is 10.3. The fourth-order valence-electron chi connectivity index (χ4n) is 3.01. The standard InChI is InChI=1S/C13H23B/c1-2-3-4-5-6-7-12-8-9-13(10-12)11-14-13/h3-4,12,14H,2,5-11H2,1H3/b4-3-. The van der Waals surface area contributed by atoms with Crippen LogP contribution in [0.2, 0.25) is 11.6 Å². The van der Waals surface area contributed by atoms with E-state index in [4.69, 9.17) is 0 Å². The molecule has 0 N–H and O–H groups in total. The van der Waals surface area contributed by atoms with Crippen molar-refractivity contribution in [2.45, 2.75) is 63.5 Å². The maximum atomic E-state index is 2.36. The minimum Gasteiger partial charge on any atom is -0.0888 e. The van der Waals surface area contributed by atoms with Crippen LogP contribution in [0.3, 0.4) is 0 Å². The van der Waals surface area contributed by atoms with E-state index >= 15 is 0 Å². The lowest BCUT2D eigenvalue weighted by molar-refractivity contribution is 0.479. The molecule has 78 valence electrons. The monoisotopic (exact) mass is 190 g/mol. The number of rotatable bonds is 5. The summed E-state index contributed by atoms with van der Waals surface area (Å²) in [6.45, 7) is 2.21. The Morgan fingerprint density at radius 3 is 2.93 bits per heavy atom. The van der Waals surface area contributed by atoms with Gasteiger partial charge in [0.1, 0.15) is 7.28 Å². The molecular weight excluding hydrogens is 167 g/mol. The van der Waals surface area contributed by atoms with Crippen LogP contribution in [0.15, 0.2) is 12.2 Å². The Labute approximate surface area is 89.4 Å². The molecule has 0 radical (unpaired) electrons. The van der Waals surface area contributed by atoms with Crippen LogP contribution >= 0.6 is 0 Å². The second-order valence-corrected chi connectivity index (χ2v) is 5.42. The highest BCUT2D eigenvalue weighted by Gasteiger charge is 2.48. The Balaban J connectivity index is 1.56. The van der Waals surface area contributed by atoms with Crippen molar-refractivity contribution in [1.29, 1.82) is 0 Å². The van der Waals surface area contributed by atoms with Gasteiger partial charge < -0.3 is 0 Å². The van der Waals surface area contributed by atoms with Crippen molar-refractivity contribution in [3.8, 4) is 0 Å². The highest BCUT2D eigenvalue weighted by molar-refractivity contribution is 6.54. The zero-order chi connectivity index (χ0) is 9.86. The topological polar surface area (TPSA) is 0 Å². The second kappa shape index (κ2) is 4.55. The van der Waals surface area contributed by atoms with Gasteiger partial charge >= 0.3 is 0 Å². The molecule has 0 bridgehead atoms. The average Bonchev–Trinajstić information content (AvgIpc) is 2.80. The average molecular weight is 190 g/mol. The summed E-state index contributed by atoms with van der Waals surface area (Å²) in [5.41, 5.74) is 0. The summed E-state index contributed by atoms with van der Waals surface area (Å²) in [5, 5.41) is 0.893. The zero-order valence-corrected chi connectivity index (χ0v) is 9.60. The number of hydrogen-bond donors (Lipinski definition) is 0. The number of unbranched alkanes of at least 4 members (excludes halogenated alkanes) is 1. The van der Waals surface area contributed by atoms with Crippen LogP contribution in [0.25, 0.3) is 0 Å². The van der Waals surface area contributed by atoms with Crippen molar-refractivity contribution in [3.05, 3.63) is 12.2 Å². The molecule has 1 heterocycles. The van der Waals surface area contributed by atoms with Crippen LogP contribution in [-0.2, 0) is 0 Å². The van der Waals surface area contributed by atoms with E-state index in [-0.39, 0.29) is 0 Å². The lowest BCUT2D eigenvalue weighted by Crippen LogP contribution is -1.93. The molecule has 2 unspecified atom stereocenters. The summed E-state index contributed by atoms with van der Waals surface area (Å²) >= 11 is 0. The summed E-state index contributed by atoms with van der Waals surface area (Å²) in [7, 11) is 1.55. The van der Waals surface area contributed by atoms with Gasteiger partial charge in [-0.15, -0.1) is 0 Å². The molecule has 1 heteroatoms. The van der Waals surface area contributed by atoms with E-state index in [1.165, 1.54) is 32.1 Å². The molecule has 2 fully saturated rings. The van der Waals surface area contributed by atoms with E-state index in [0.29, 0.717) is 0 Å². The van der Waals surface area contributed by atoms with Gasteiger partial charge in [-0.2, -0.15) is 0 Å². The molecule has 0 aromatic rings. The lowest BCUT2D eigenvalue weighted by atomic mass is 9.85. The predicted molar refractivity (Wildman–Crippen MR) is 65.3 cm³/mol. The summed E-state index contributed by atoms with van der Waals surface area (Å²) in [5.74, 6) is 1.09. The smallest absolute Gasteiger partial charge is 0.0888 e. The molecule has 1 aliphatic carbocycles. The fraction of sp³-hybridized carbons (Fsp3) is 0.846. The van der Waals surface area contributed by atoms with E-state index in [1.54, 1.807) is 26.4 Å². The van der Waals surface area contributed by atoms with Crippen molar-refractivity contribution in [1.82, 2.24) is 0 Å². The minimum absolute atomic E-state index is 0.893. The Kier molecular flexibility index (Phi) is 3.36. The van der Waals surface area contributed by atoms with Crippen LogP contribution in [0.5, 0.6) is 0 Å². The van der Waals surface area contributed by atoms with Gasteiger partial charge in [0.2, 0.25) is 0 Å². The first-order valence-corrected chi connectivity index (χ1v) is 6.50. The first-order chi connectivity index (χ1) is 6.85. The third-order valence-electron chi connectivity index (χ3n) is 4.15. The van der Waals surface area contributed by atoms with Crippen LogP contribution in [-0.4, -0.2) is 7.28 Å². The SMILES string of the molecule is CC/C=C\CCCC1CCC2(BC2)C1. The number of allylic oxidation sites excluding steroid dienone is 2. The molecule has 14 heavy (non-hydrogen) atoms. The molecule has 0 aromatic carbocycles. The number of hydrogen-bond acceptors (Lipinski definition) is 0. The van der Waals surface area contributed by atoms with Crippen molar-refractivity contribution < 1.29 is 0 Å². The third-order valence-corrected chi connectivity index (χ3v) is 4.15. The molecule has 1 saturated heterocycles. The van der Waals surface area contributed by atoms with Crippen LogP contribution in [0.4, 0.5) is 0 Å². The molecule has 0 aromatic heterocycles. The maximum absolute atomic E-state index is 2.36. The van der Waals surface area contributed by atoms with Gasteiger partial charge in [0.25, 0.3) is 0 Å². The predicted octanol–water partition coefficient (Wildman–Crippen LogP) is 3.95. The molecule has 1 spiro atoms. The molecule has 1 saturated carbocycles. The summed E-state index contributed by atoms with van der Waals surface area (Å²) in [6, 6.07) is 0. The van der Waals surface area contributed by atoms with Crippen LogP contribution < -0.4 is 0 Å². The normalized spacial score (nSPS) is 35.4. The van der Waals surface area contributed by atoms with Gasteiger partial charge in [0.15, 0.2) is 0 Å². The molecule has 1 aliphatic heterocycles. The van der Waals surface area contributed by atoms with E-state index in [2.05, 4.69) is 19.1 Å². The lowest BCUT2D eigenvalue weighted by Gasteiger charge is -2.08. The van der Waals surface area contributed by atoms with Crippen molar-refractivity contribution >= 4 is 7.28 Å². The molecule has 2 aliphatic rings.